The first-order valence-corrected chi connectivity index (χ1v) is 6.12. The zero-order valence-corrected chi connectivity index (χ0v) is 10.2. The smallest absolute Gasteiger partial charge is 0.0692 e. The Morgan fingerprint density at radius 3 is 2.50 bits per heavy atom. The predicted molar refractivity (Wildman–Crippen MR) is 66.4 cm³/mol. The van der Waals surface area contributed by atoms with E-state index < -0.39 is 0 Å². The number of hydrogen-bond acceptors (Lipinski definition) is 2. The summed E-state index contributed by atoms with van der Waals surface area (Å²) in [7, 11) is 0. The number of hydrogen-bond donors (Lipinski definition) is 2. The third-order valence-corrected chi connectivity index (χ3v) is 3.47. The van der Waals surface area contributed by atoms with Crippen LogP contribution >= 0.6 is 0 Å². The molecule has 2 nitrogen and oxygen atoms in total. The molecule has 1 unspecified atom stereocenters. The third-order valence-electron chi connectivity index (χ3n) is 3.47. The second-order valence-electron chi connectivity index (χ2n) is 4.91. The molecule has 0 bridgehead atoms. The van der Waals surface area contributed by atoms with E-state index >= 15 is 0 Å². The summed E-state index contributed by atoms with van der Waals surface area (Å²) in [5.41, 5.74) is 4.02. The number of rotatable bonds is 5. The van der Waals surface area contributed by atoms with Crippen molar-refractivity contribution in [1.82, 2.24) is 5.32 Å². The maximum Gasteiger partial charge on any atom is 0.0692 e. The third kappa shape index (κ3) is 2.83. The molecule has 0 aliphatic heterocycles. The van der Waals surface area contributed by atoms with Crippen molar-refractivity contribution in [3.05, 3.63) is 34.9 Å². The Hall–Kier alpha value is -0.860. The molecule has 16 heavy (non-hydrogen) atoms. The van der Waals surface area contributed by atoms with Crippen LogP contribution in [0.3, 0.4) is 0 Å². The second kappa shape index (κ2) is 4.98. The summed E-state index contributed by atoms with van der Waals surface area (Å²) in [5.74, 6) is 0.561. The van der Waals surface area contributed by atoms with Gasteiger partial charge in [0, 0.05) is 13.1 Å². The van der Waals surface area contributed by atoms with Gasteiger partial charge in [-0.25, -0.2) is 0 Å². The molecule has 0 amide bonds. The van der Waals surface area contributed by atoms with Gasteiger partial charge in [-0.15, -0.1) is 0 Å². The van der Waals surface area contributed by atoms with E-state index in [1.54, 1.807) is 0 Å². The van der Waals surface area contributed by atoms with E-state index in [1.807, 2.05) is 0 Å². The Morgan fingerprint density at radius 1 is 1.31 bits per heavy atom. The molecule has 0 aromatic heterocycles. The first-order chi connectivity index (χ1) is 7.68. The highest BCUT2D eigenvalue weighted by Gasteiger charge is 2.29. The fourth-order valence-corrected chi connectivity index (χ4v) is 2.12. The molecule has 1 atom stereocenters. The van der Waals surface area contributed by atoms with Crippen LogP contribution in [0.4, 0.5) is 0 Å². The molecule has 0 spiro atoms. The Balaban J connectivity index is 1.84. The van der Waals surface area contributed by atoms with Crippen LogP contribution in [0.15, 0.2) is 18.2 Å². The molecule has 88 valence electrons. The van der Waals surface area contributed by atoms with Crippen LogP contribution in [0.25, 0.3) is 0 Å². The van der Waals surface area contributed by atoms with Crippen LogP contribution in [-0.2, 0) is 6.54 Å². The van der Waals surface area contributed by atoms with Gasteiger partial charge in [0.15, 0.2) is 0 Å². The van der Waals surface area contributed by atoms with E-state index in [1.165, 1.54) is 29.5 Å². The molecule has 0 saturated heterocycles. The first-order valence-electron chi connectivity index (χ1n) is 6.12. The lowest BCUT2D eigenvalue weighted by atomic mass is 10.0. The van der Waals surface area contributed by atoms with Gasteiger partial charge in [0.1, 0.15) is 0 Å². The molecule has 2 rings (SSSR count). The van der Waals surface area contributed by atoms with E-state index in [0.717, 1.165) is 13.1 Å². The highest BCUT2D eigenvalue weighted by molar-refractivity contribution is 5.33. The quantitative estimate of drug-likeness (QED) is 0.795. The SMILES string of the molecule is Cc1cccc(C)c1CNCC(O)C1CC1. The molecule has 1 fully saturated rings. The number of benzene rings is 1. The lowest BCUT2D eigenvalue weighted by Gasteiger charge is -2.13. The van der Waals surface area contributed by atoms with Gasteiger partial charge in [0.2, 0.25) is 0 Å². The monoisotopic (exact) mass is 219 g/mol. The van der Waals surface area contributed by atoms with Gasteiger partial charge in [0.05, 0.1) is 6.10 Å². The number of aliphatic hydroxyl groups is 1. The zero-order chi connectivity index (χ0) is 11.5. The van der Waals surface area contributed by atoms with E-state index in [4.69, 9.17) is 0 Å². The molecule has 2 heteroatoms. The van der Waals surface area contributed by atoms with Crippen molar-refractivity contribution >= 4 is 0 Å². The zero-order valence-electron chi connectivity index (χ0n) is 10.2. The number of aliphatic hydroxyl groups excluding tert-OH is 1. The van der Waals surface area contributed by atoms with Gasteiger partial charge in [-0.3, -0.25) is 0 Å². The first kappa shape index (κ1) is 11.6. The summed E-state index contributed by atoms with van der Waals surface area (Å²) in [6.45, 7) is 5.86. The molecule has 1 aliphatic carbocycles. The van der Waals surface area contributed by atoms with Crippen molar-refractivity contribution in [2.45, 2.75) is 39.3 Å². The van der Waals surface area contributed by atoms with Gasteiger partial charge >= 0.3 is 0 Å². The Kier molecular flexibility index (Phi) is 3.62. The van der Waals surface area contributed by atoms with Crippen LogP contribution in [-0.4, -0.2) is 17.8 Å². The van der Waals surface area contributed by atoms with Crippen LogP contribution in [0.1, 0.15) is 29.5 Å². The maximum absolute atomic E-state index is 9.74. The van der Waals surface area contributed by atoms with Crippen molar-refractivity contribution in [1.29, 1.82) is 0 Å². The van der Waals surface area contributed by atoms with Crippen molar-refractivity contribution in [2.24, 2.45) is 5.92 Å². The van der Waals surface area contributed by atoms with Crippen molar-refractivity contribution in [3.8, 4) is 0 Å². The van der Waals surface area contributed by atoms with Crippen molar-refractivity contribution in [2.75, 3.05) is 6.54 Å². The van der Waals surface area contributed by atoms with Crippen molar-refractivity contribution < 1.29 is 5.11 Å². The molecule has 2 N–H and O–H groups in total. The lowest BCUT2D eigenvalue weighted by Crippen LogP contribution is -2.28. The van der Waals surface area contributed by atoms with Crippen LogP contribution < -0.4 is 5.32 Å². The summed E-state index contributed by atoms with van der Waals surface area (Å²) in [5, 5.41) is 13.1. The summed E-state index contributed by atoms with van der Waals surface area (Å²) < 4.78 is 0. The molecule has 1 aliphatic rings. The van der Waals surface area contributed by atoms with Gasteiger partial charge in [-0.2, -0.15) is 0 Å². The van der Waals surface area contributed by atoms with Gasteiger partial charge < -0.3 is 10.4 Å². The normalized spacial score (nSPS) is 17.4. The highest BCUT2D eigenvalue weighted by Crippen LogP contribution is 2.32. The van der Waals surface area contributed by atoms with Gasteiger partial charge in [-0.05, 0) is 49.3 Å². The van der Waals surface area contributed by atoms with E-state index in [9.17, 15) is 5.11 Å². The van der Waals surface area contributed by atoms with Crippen molar-refractivity contribution in [3.63, 3.8) is 0 Å². The molecule has 1 aromatic carbocycles. The average molecular weight is 219 g/mol. The molecule has 0 heterocycles. The number of aryl methyl sites for hydroxylation is 2. The predicted octanol–water partition coefficient (Wildman–Crippen LogP) is 2.16. The topological polar surface area (TPSA) is 32.3 Å². The minimum atomic E-state index is -0.149. The van der Waals surface area contributed by atoms with Crippen LogP contribution in [0.5, 0.6) is 0 Å². The highest BCUT2D eigenvalue weighted by atomic mass is 16.3. The summed E-state index contributed by atoms with van der Waals surface area (Å²) >= 11 is 0. The molecular weight excluding hydrogens is 198 g/mol. The molecular formula is C14H21NO. The van der Waals surface area contributed by atoms with Gasteiger partial charge in [-0.1, -0.05) is 18.2 Å². The fraction of sp³-hybridized carbons (Fsp3) is 0.571. The Bertz CT molecular complexity index is 338. The minimum Gasteiger partial charge on any atom is -0.392 e. The average Bonchev–Trinajstić information content (AvgIpc) is 3.05. The Labute approximate surface area is 97.7 Å². The number of nitrogens with one attached hydrogen (secondary N) is 1. The standard InChI is InChI=1S/C14H21NO/c1-10-4-3-5-11(2)13(10)8-15-9-14(16)12-6-7-12/h3-5,12,14-16H,6-9H2,1-2H3. The second-order valence-corrected chi connectivity index (χ2v) is 4.91. The largest absolute Gasteiger partial charge is 0.392 e. The fourth-order valence-electron chi connectivity index (χ4n) is 2.12. The van der Waals surface area contributed by atoms with E-state index in [2.05, 4.69) is 37.4 Å². The maximum atomic E-state index is 9.74. The molecule has 1 saturated carbocycles. The van der Waals surface area contributed by atoms with Gasteiger partial charge in [0.25, 0.3) is 0 Å². The molecule has 0 radical (unpaired) electrons. The Morgan fingerprint density at radius 2 is 1.94 bits per heavy atom. The summed E-state index contributed by atoms with van der Waals surface area (Å²) in [6.07, 6.45) is 2.25. The lowest BCUT2D eigenvalue weighted by molar-refractivity contribution is 0.148. The summed E-state index contributed by atoms with van der Waals surface area (Å²) in [4.78, 5) is 0. The minimum absolute atomic E-state index is 0.149. The van der Waals surface area contributed by atoms with Crippen LogP contribution in [0, 0.1) is 19.8 Å². The van der Waals surface area contributed by atoms with E-state index in [0.29, 0.717) is 5.92 Å². The van der Waals surface area contributed by atoms with E-state index in [-0.39, 0.29) is 6.10 Å². The molecule has 1 aromatic rings. The summed E-state index contributed by atoms with van der Waals surface area (Å²) in [6, 6.07) is 6.37. The van der Waals surface area contributed by atoms with Crippen LogP contribution in [0.2, 0.25) is 0 Å².